The molecule has 2 amide bonds. The lowest BCUT2D eigenvalue weighted by Gasteiger charge is -2.30. The van der Waals surface area contributed by atoms with E-state index in [0.717, 1.165) is 21.9 Å². The van der Waals surface area contributed by atoms with Crippen molar-refractivity contribution in [1.29, 1.82) is 0 Å². The van der Waals surface area contributed by atoms with Gasteiger partial charge in [0.1, 0.15) is 11.8 Å². The van der Waals surface area contributed by atoms with Gasteiger partial charge in [0.2, 0.25) is 21.8 Å². The van der Waals surface area contributed by atoms with Crippen molar-refractivity contribution in [2.75, 3.05) is 27.2 Å². The Morgan fingerprint density at radius 3 is 2.39 bits per heavy atom. The molecular formula is C24H33N3O5S. The van der Waals surface area contributed by atoms with Crippen LogP contribution in [0.15, 0.2) is 53.4 Å². The van der Waals surface area contributed by atoms with Crippen molar-refractivity contribution in [3.8, 4) is 5.75 Å². The van der Waals surface area contributed by atoms with E-state index in [1.807, 2.05) is 19.9 Å². The van der Waals surface area contributed by atoms with E-state index in [0.29, 0.717) is 12.3 Å². The summed E-state index contributed by atoms with van der Waals surface area (Å²) in [7, 11) is -0.954. The van der Waals surface area contributed by atoms with Crippen LogP contribution >= 0.6 is 0 Å². The molecule has 1 atom stereocenters. The zero-order valence-electron chi connectivity index (χ0n) is 19.9. The van der Waals surface area contributed by atoms with Crippen LogP contribution < -0.4 is 10.1 Å². The summed E-state index contributed by atoms with van der Waals surface area (Å²) in [5, 5.41) is 2.80. The number of hydrogen-bond donors (Lipinski definition) is 1. The fourth-order valence-electron chi connectivity index (χ4n) is 3.20. The quantitative estimate of drug-likeness (QED) is 0.539. The fourth-order valence-corrected chi connectivity index (χ4v) is 4.32. The number of carbonyl (C=O) groups excluding carboxylic acids is 2. The summed E-state index contributed by atoms with van der Waals surface area (Å²) in [5.41, 5.74) is 1.70. The molecule has 0 unspecified atom stereocenters. The van der Waals surface area contributed by atoms with Gasteiger partial charge in [-0.05, 0) is 50.1 Å². The molecule has 1 N–H and O–H groups in total. The Hall–Kier alpha value is -2.91. The van der Waals surface area contributed by atoms with Crippen molar-refractivity contribution in [2.45, 2.75) is 44.7 Å². The molecule has 2 aromatic rings. The number of methoxy groups -OCH3 is 1. The van der Waals surface area contributed by atoms with Crippen LogP contribution in [-0.4, -0.2) is 62.7 Å². The SMILES string of the molecule is CCCNC(=O)[C@@H](C)N(Cc1cccc(OC)c1)C(=O)CN(C)S(=O)(=O)c1ccc(C)cc1. The summed E-state index contributed by atoms with van der Waals surface area (Å²) in [6, 6.07) is 12.8. The number of ether oxygens (including phenoxy) is 1. The number of nitrogens with zero attached hydrogens (tertiary/aromatic N) is 2. The van der Waals surface area contributed by atoms with Crippen molar-refractivity contribution in [3.05, 3.63) is 59.7 Å². The zero-order chi connectivity index (χ0) is 24.6. The highest BCUT2D eigenvalue weighted by Gasteiger charge is 2.30. The van der Waals surface area contributed by atoms with Crippen LogP contribution in [0.25, 0.3) is 0 Å². The molecule has 0 fully saturated rings. The van der Waals surface area contributed by atoms with Gasteiger partial charge in [0, 0.05) is 20.1 Å². The molecule has 0 heterocycles. The molecule has 8 nitrogen and oxygen atoms in total. The first-order valence-electron chi connectivity index (χ1n) is 10.8. The molecule has 0 aliphatic rings. The van der Waals surface area contributed by atoms with E-state index in [4.69, 9.17) is 4.74 Å². The molecule has 0 spiro atoms. The van der Waals surface area contributed by atoms with E-state index < -0.39 is 28.5 Å². The van der Waals surface area contributed by atoms with Crippen molar-refractivity contribution >= 4 is 21.8 Å². The van der Waals surface area contributed by atoms with Gasteiger partial charge in [0.25, 0.3) is 0 Å². The Morgan fingerprint density at radius 1 is 1.12 bits per heavy atom. The van der Waals surface area contributed by atoms with Crippen LogP contribution in [0.5, 0.6) is 5.75 Å². The van der Waals surface area contributed by atoms with Crippen LogP contribution in [-0.2, 0) is 26.2 Å². The summed E-state index contributed by atoms with van der Waals surface area (Å²) in [5.74, 6) is -0.144. The van der Waals surface area contributed by atoms with Crippen molar-refractivity contribution < 1.29 is 22.7 Å². The number of rotatable bonds is 11. The number of sulfonamides is 1. The zero-order valence-corrected chi connectivity index (χ0v) is 20.7. The molecule has 0 aliphatic heterocycles. The third-order valence-corrected chi connectivity index (χ3v) is 7.11. The van der Waals surface area contributed by atoms with E-state index in [2.05, 4.69) is 5.32 Å². The number of amides is 2. The number of benzene rings is 2. The molecule has 33 heavy (non-hydrogen) atoms. The Morgan fingerprint density at radius 2 is 1.79 bits per heavy atom. The largest absolute Gasteiger partial charge is 0.497 e. The minimum absolute atomic E-state index is 0.108. The number of aryl methyl sites for hydroxylation is 1. The predicted molar refractivity (Wildman–Crippen MR) is 127 cm³/mol. The number of nitrogens with one attached hydrogen (secondary N) is 1. The summed E-state index contributed by atoms with van der Waals surface area (Å²) < 4.78 is 32.2. The van der Waals surface area contributed by atoms with Gasteiger partial charge < -0.3 is 15.0 Å². The maximum absolute atomic E-state index is 13.3. The molecule has 0 aromatic heterocycles. The first-order chi connectivity index (χ1) is 15.6. The van der Waals surface area contributed by atoms with Gasteiger partial charge in [-0.1, -0.05) is 36.8 Å². The van der Waals surface area contributed by atoms with Gasteiger partial charge in [0.15, 0.2) is 0 Å². The topological polar surface area (TPSA) is 96.0 Å². The van der Waals surface area contributed by atoms with Crippen LogP contribution in [0.2, 0.25) is 0 Å². The normalized spacial score (nSPS) is 12.3. The van der Waals surface area contributed by atoms with Gasteiger partial charge in [-0.15, -0.1) is 0 Å². The van der Waals surface area contributed by atoms with Crippen molar-refractivity contribution in [3.63, 3.8) is 0 Å². The highest BCUT2D eigenvalue weighted by molar-refractivity contribution is 7.89. The van der Waals surface area contributed by atoms with E-state index in [9.17, 15) is 18.0 Å². The number of carbonyl (C=O) groups is 2. The minimum atomic E-state index is -3.86. The molecule has 0 radical (unpaired) electrons. The molecule has 0 saturated heterocycles. The van der Waals surface area contributed by atoms with Gasteiger partial charge >= 0.3 is 0 Å². The molecule has 2 rings (SSSR count). The first kappa shape index (κ1) is 26.3. The summed E-state index contributed by atoms with van der Waals surface area (Å²) in [6.07, 6.45) is 0.764. The van der Waals surface area contributed by atoms with Crippen molar-refractivity contribution in [1.82, 2.24) is 14.5 Å². The van der Waals surface area contributed by atoms with Crippen LogP contribution in [0, 0.1) is 6.92 Å². The molecule has 180 valence electrons. The molecule has 9 heteroatoms. The second-order valence-corrected chi connectivity index (χ2v) is 9.96. The Balaban J connectivity index is 2.27. The predicted octanol–water partition coefficient (Wildman–Crippen LogP) is 2.57. The van der Waals surface area contributed by atoms with Crippen LogP contribution in [0.1, 0.15) is 31.4 Å². The maximum Gasteiger partial charge on any atom is 0.243 e. The highest BCUT2D eigenvalue weighted by Crippen LogP contribution is 2.18. The van der Waals surface area contributed by atoms with Crippen LogP contribution in [0.3, 0.4) is 0 Å². The lowest BCUT2D eigenvalue weighted by atomic mass is 10.1. The molecular weight excluding hydrogens is 442 g/mol. The van der Waals surface area contributed by atoms with Crippen molar-refractivity contribution in [2.24, 2.45) is 0 Å². The van der Waals surface area contributed by atoms with E-state index in [-0.39, 0.29) is 17.3 Å². The summed E-state index contributed by atoms with van der Waals surface area (Å²) >= 11 is 0. The van der Waals surface area contributed by atoms with Crippen LogP contribution in [0.4, 0.5) is 0 Å². The van der Waals surface area contributed by atoms with E-state index in [1.165, 1.54) is 24.1 Å². The Labute approximate surface area is 196 Å². The lowest BCUT2D eigenvalue weighted by Crippen LogP contribution is -2.50. The Kier molecular flexibility index (Phi) is 9.43. The minimum Gasteiger partial charge on any atom is -0.497 e. The highest BCUT2D eigenvalue weighted by atomic mass is 32.2. The second kappa shape index (κ2) is 11.8. The van der Waals surface area contributed by atoms with E-state index in [1.54, 1.807) is 44.4 Å². The number of likely N-dealkylation sites (N-methyl/N-ethyl adjacent to an activating group) is 1. The number of hydrogen-bond acceptors (Lipinski definition) is 5. The standard InChI is InChI=1S/C24H33N3O5S/c1-6-14-25-24(29)19(3)27(16-20-8-7-9-21(15-20)32-5)23(28)17-26(4)33(30,31)22-12-10-18(2)11-13-22/h7-13,15,19H,6,14,16-17H2,1-5H3,(H,25,29)/t19-/m1/s1. The van der Waals surface area contributed by atoms with Gasteiger partial charge in [-0.25, -0.2) is 8.42 Å². The lowest BCUT2D eigenvalue weighted by molar-refractivity contribution is -0.140. The third-order valence-electron chi connectivity index (χ3n) is 5.29. The van der Waals surface area contributed by atoms with Gasteiger partial charge in [0.05, 0.1) is 18.6 Å². The van der Waals surface area contributed by atoms with Gasteiger partial charge in [-0.3, -0.25) is 9.59 Å². The molecule has 2 aromatic carbocycles. The summed E-state index contributed by atoms with van der Waals surface area (Å²) in [4.78, 5) is 27.4. The van der Waals surface area contributed by atoms with E-state index >= 15 is 0 Å². The van der Waals surface area contributed by atoms with Gasteiger partial charge in [-0.2, -0.15) is 4.31 Å². The third kappa shape index (κ3) is 7.03. The Bertz CT molecular complexity index is 1050. The molecule has 0 aliphatic carbocycles. The second-order valence-electron chi connectivity index (χ2n) is 7.91. The fraction of sp³-hybridized carbons (Fsp3) is 0.417. The molecule has 0 saturated carbocycles. The first-order valence-corrected chi connectivity index (χ1v) is 12.3. The smallest absolute Gasteiger partial charge is 0.243 e. The summed E-state index contributed by atoms with van der Waals surface area (Å²) in [6.45, 7) is 5.67. The average molecular weight is 476 g/mol. The molecule has 0 bridgehead atoms. The monoisotopic (exact) mass is 475 g/mol. The average Bonchev–Trinajstić information content (AvgIpc) is 2.80. The maximum atomic E-state index is 13.3.